The normalized spacial score (nSPS) is 11.5. The Morgan fingerprint density at radius 1 is 0.824 bits per heavy atom. The average molecular weight is 306 g/mol. The van der Waals surface area contributed by atoms with Gasteiger partial charge in [-0.3, -0.25) is 0 Å². The number of alkyl halides is 2. The maximum atomic E-state index is 6.38. The molecule has 0 saturated carbocycles. The molecule has 0 heterocycles. The van der Waals surface area contributed by atoms with Gasteiger partial charge in [0.25, 0.3) is 0 Å². The first-order valence-electron chi connectivity index (χ1n) is 4.90. The summed E-state index contributed by atoms with van der Waals surface area (Å²) in [6.45, 7) is 0. The zero-order chi connectivity index (χ0) is 12.5. The zero-order valence-corrected chi connectivity index (χ0v) is 11.7. The standard InChI is InChI=1S/C13H8Cl4/c14-10-6-7-11(12(15)8-10)13(16,17)9-4-2-1-3-5-9/h1-8H. The molecule has 2 aromatic rings. The summed E-state index contributed by atoms with van der Waals surface area (Å²) >= 11 is 24.7. The highest BCUT2D eigenvalue weighted by atomic mass is 35.5. The molecule has 88 valence electrons. The van der Waals surface area contributed by atoms with Gasteiger partial charge >= 0.3 is 0 Å². The highest BCUT2D eigenvalue weighted by Gasteiger charge is 2.31. The van der Waals surface area contributed by atoms with Crippen LogP contribution in [-0.2, 0) is 4.33 Å². The van der Waals surface area contributed by atoms with E-state index in [-0.39, 0.29) is 0 Å². The van der Waals surface area contributed by atoms with Gasteiger partial charge in [0.1, 0.15) is 0 Å². The van der Waals surface area contributed by atoms with Gasteiger partial charge in [0.05, 0.1) is 0 Å². The molecule has 2 rings (SSSR count). The van der Waals surface area contributed by atoms with E-state index in [9.17, 15) is 0 Å². The number of hydrogen-bond donors (Lipinski definition) is 0. The molecule has 2 aromatic carbocycles. The fraction of sp³-hybridized carbons (Fsp3) is 0.0769. The van der Waals surface area contributed by atoms with Crippen molar-refractivity contribution in [3.05, 3.63) is 69.7 Å². The van der Waals surface area contributed by atoms with Crippen molar-refractivity contribution >= 4 is 46.4 Å². The van der Waals surface area contributed by atoms with Crippen molar-refractivity contribution in [3.8, 4) is 0 Å². The van der Waals surface area contributed by atoms with E-state index in [1.165, 1.54) is 0 Å². The minimum Gasteiger partial charge on any atom is -0.0909 e. The zero-order valence-electron chi connectivity index (χ0n) is 8.63. The first kappa shape index (κ1) is 13.0. The molecule has 0 bridgehead atoms. The summed E-state index contributed by atoms with van der Waals surface area (Å²) in [7, 11) is 0. The van der Waals surface area contributed by atoms with Crippen LogP contribution >= 0.6 is 46.4 Å². The van der Waals surface area contributed by atoms with E-state index >= 15 is 0 Å². The molecule has 0 aliphatic heterocycles. The second kappa shape index (κ2) is 5.07. The molecule has 0 radical (unpaired) electrons. The molecule has 0 fully saturated rings. The van der Waals surface area contributed by atoms with Gasteiger partial charge in [-0.25, -0.2) is 0 Å². The van der Waals surface area contributed by atoms with Gasteiger partial charge < -0.3 is 0 Å². The van der Waals surface area contributed by atoms with E-state index in [1.54, 1.807) is 18.2 Å². The summed E-state index contributed by atoms with van der Waals surface area (Å²) in [5.74, 6) is 0. The van der Waals surface area contributed by atoms with Crippen molar-refractivity contribution in [2.75, 3.05) is 0 Å². The number of halogens is 4. The third kappa shape index (κ3) is 2.71. The molecule has 0 aliphatic rings. The van der Waals surface area contributed by atoms with Crippen LogP contribution in [0, 0.1) is 0 Å². The lowest BCUT2D eigenvalue weighted by molar-refractivity contribution is 1.04. The SMILES string of the molecule is Clc1ccc(C(Cl)(Cl)c2ccccc2)c(Cl)c1. The Morgan fingerprint density at radius 3 is 2.06 bits per heavy atom. The van der Waals surface area contributed by atoms with Crippen molar-refractivity contribution in [1.29, 1.82) is 0 Å². The second-order valence-electron chi connectivity index (χ2n) is 3.56. The highest BCUT2D eigenvalue weighted by molar-refractivity contribution is 6.51. The van der Waals surface area contributed by atoms with Crippen LogP contribution in [0.2, 0.25) is 10.0 Å². The summed E-state index contributed by atoms with van der Waals surface area (Å²) in [6, 6.07) is 14.4. The van der Waals surface area contributed by atoms with E-state index in [1.807, 2.05) is 30.3 Å². The Morgan fingerprint density at radius 2 is 1.47 bits per heavy atom. The summed E-state index contributed by atoms with van der Waals surface area (Å²) in [5.41, 5.74) is 1.39. The molecule has 4 heteroatoms. The number of benzene rings is 2. The molecule has 0 aliphatic carbocycles. The van der Waals surface area contributed by atoms with E-state index in [2.05, 4.69) is 0 Å². The lowest BCUT2D eigenvalue weighted by Gasteiger charge is -2.21. The molecule has 0 amide bonds. The van der Waals surface area contributed by atoms with Gasteiger partial charge in [-0.2, -0.15) is 0 Å². The predicted molar refractivity (Wildman–Crippen MR) is 75.4 cm³/mol. The lowest BCUT2D eigenvalue weighted by atomic mass is 10.0. The van der Waals surface area contributed by atoms with Crippen LogP contribution in [-0.4, -0.2) is 0 Å². The van der Waals surface area contributed by atoms with Crippen LogP contribution in [0.1, 0.15) is 11.1 Å². The largest absolute Gasteiger partial charge is 0.169 e. The summed E-state index contributed by atoms with van der Waals surface area (Å²) in [6.07, 6.45) is 0. The first-order chi connectivity index (χ1) is 8.01. The fourth-order valence-corrected chi connectivity index (χ4v) is 2.78. The molecule has 0 nitrogen and oxygen atoms in total. The van der Waals surface area contributed by atoms with Crippen LogP contribution < -0.4 is 0 Å². The maximum Gasteiger partial charge on any atom is 0.169 e. The smallest absolute Gasteiger partial charge is 0.0909 e. The average Bonchev–Trinajstić information content (AvgIpc) is 2.29. The van der Waals surface area contributed by atoms with Crippen molar-refractivity contribution in [2.24, 2.45) is 0 Å². The Bertz CT molecular complexity index is 520. The number of hydrogen-bond acceptors (Lipinski definition) is 0. The molecule has 0 unspecified atom stereocenters. The summed E-state index contributed by atoms with van der Waals surface area (Å²) in [5, 5.41) is 1.00. The molecule has 0 spiro atoms. The lowest BCUT2D eigenvalue weighted by Crippen LogP contribution is -2.12. The minimum absolute atomic E-state index is 0.450. The van der Waals surface area contributed by atoms with Crippen LogP contribution in [0.3, 0.4) is 0 Å². The third-order valence-electron chi connectivity index (χ3n) is 2.41. The topological polar surface area (TPSA) is 0 Å². The Hall–Kier alpha value is -0.400. The molecular weight excluding hydrogens is 298 g/mol. The molecular formula is C13H8Cl4. The molecule has 0 atom stereocenters. The van der Waals surface area contributed by atoms with Crippen molar-refractivity contribution in [1.82, 2.24) is 0 Å². The predicted octanol–water partition coefficient (Wildman–Crippen LogP) is 5.67. The van der Waals surface area contributed by atoms with Gasteiger partial charge in [0.2, 0.25) is 0 Å². The molecule has 0 saturated heterocycles. The first-order valence-corrected chi connectivity index (χ1v) is 6.42. The van der Waals surface area contributed by atoms with E-state index < -0.39 is 4.33 Å². The van der Waals surface area contributed by atoms with Gasteiger partial charge in [-0.1, -0.05) is 82.8 Å². The molecule has 0 aromatic heterocycles. The van der Waals surface area contributed by atoms with E-state index in [0.29, 0.717) is 15.6 Å². The molecule has 0 N–H and O–H groups in total. The number of rotatable bonds is 2. The minimum atomic E-state index is -1.18. The Balaban J connectivity index is 2.52. The van der Waals surface area contributed by atoms with Crippen LogP contribution in [0.15, 0.2) is 48.5 Å². The van der Waals surface area contributed by atoms with E-state index in [0.717, 1.165) is 5.56 Å². The maximum absolute atomic E-state index is 6.38. The third-order valence-corrected chi connectivity index (χ3v) is 3.80. The quantitative estimate of drug-likeness (QED) is 0.627. The Kier molecular flexibility index (Phi) is 3.89. The van der Waals surface area contributed by atoms with Crippen LogP contribution in [0.4, 0.5) is 0 Å². The fourth-order valence-electron chi connectivity index (χ4n) is 1.55. The van der Waals surface area contributed by atoms with Gasteiger partial charge in [0, 0.05) is 15.6 Å². The summed E-state index contributed by atoms with van der Waals surface area (Å²) < 4.78 is -1.18. The van der Waals surface area contributed by atoms with Crippen LogP contribution in [0.25, 0.3) is 0 Å². The van der Waals surface area contributed by atoms with Gasteiger partial charge in [-0.15, -0.1) is 0 Å². The van der Waals surface area contributed by atoms with Gasteiger partial charge in [0.15, 0.2) is 4.33 Å². The summed E-state index contributed by atoms with van der Waals surface area (Å²) in [4.78, 5) is 0. The molecule has 17 heavy (non-hydrogen) atoms. The van der Waals surface area contributed by atoms with Crippen molar-refractivity contribution < 1.29 is 0 Å². The van der Waals surface area contributed by atoms with Crippen LogP contribution in [0.5, 0.6) is 0 Å². The van der Waals surface area contributed by atoms with Crippen molar-refractivity contribution in [3.63, 3.8) is 0 Å². The highest BCUT2D eigenvalue weighted by Crippen LogP contribution is 2.44. The Labute approximate surface area is 120 Å². The second-order valence-corrected chi connectivity index (χ2v) is 5.74. The monoisotopic (exact) mass is 304 g/mol. The van der Waals surface area contributed by atoms with E-state index in [4.69, 9.17) is 46.4 Å². The van der Waals surface area contributed by atoms with Crippen molar-refractivity contribution in [2.45, 2.75) is 4.33 Å². The van der Waals surface area contributed by atoms with Gasteiger partial charge in [-0.05, 0) is 17.7 Å².